The van der Waals surface area contributed by atoms with Crippen LogP contribution in [0.25, 0.3) is 11.0 Å². The highest BCUT2D eigenvalue weighted by atomic mass is 19.4. The first-order valence-electron chi connectivity index (χ1n) is 7.65. The van der Waals surface area contributed by atoms with Crippen molar-refractivity contribution in [3.05, 3.63) is 65.4 Å². The van der Waals surface area contributed by atoms with Gasteiger partial charge in [-0.1, -0.05) is 45.2 Å². The predicted molar refractivity (Wildman–Crippen MR) is 94.3 cm³/mol. The van der Waals surface area contributed by atoms with E-state index in [9.17, 15) is 23.2 Å². The van der Waals surface area contributed by atoms with Gasteiger partial charge in [0.15, 0.2) is 5.65 Å². The number of fused-ring (bicyclic) bond motifs is 1. The number of hydrogen-bond donors (Lipinski definition) is 2. The van der Waals surface area contributed by atoms with Gasteiger partial charge in [0.2, 0.25) is 5.82 Å². The molecule has 0 saturated carbocycles. The lowest BCUT2D eigenvalue weighted by Crippen LogP contribution is -2.21. The van der Waals surface area contributed by atoms with Crippen molar-refractivity contribution in [2.75, 3.05) is 11.9 Å². The highest BCUT2D eigenvalue weighted by molar-refractivity contribution is 5.88. The van der Waals surface area contributed by atoms with Crippen molar-refractivity contribution in [3.8, 4) is 0 Å². The second kappa shape index (κ2) is 8.84. The summed E-state index contributed by atoms with van der Waals surface area (Å²) < 4.78 is 38.1. The number of allylic oxidation sites excluding steroid dienone is 2. The number of aromatic nitrogens is 3. The number of alkyl halides is 3. The lowest BCUT2D eigenvalue weighted by molar-refractivity contribution is -0.144. The third-order valence-corrected chi connectivity index (χ3v) is 3.07. The molecule has 0 bridgehead atoms. The molecule has 0 aliphatic rings. The fourth-order valence-corrected chi connectivity index (χ4v) is 1.92. The highest BCUT2D eigenvalue weighted by Crippen LogP contribution is 2.28. The fourth-order valence-electron chi connectivity index (χ4n) is 1.92. The second-order valence-corrected chi connectivity index (χ2v) is 4.67. The largest absolute Gasteiger partial charge is 0.451 e. The molecule has 0 atom stereocenters. The van der Waals surface area contributed by atoms with Gasteiger partial charge in [0.1, 0.15) is 0 Å². The van der Waals surface area contributed by atoms with Gasteiger partial charge in [0, 0.05) is 18.8 Å². The molecule has 6 nitrogen and oxygen atoms in total. The third-order valence-electron chi connectivity index (χ3n) is 3.07. The molecule has 2 aromatic rings. The van der Waals surface area contributed by atoms with Gasteiger partial charge in [-0.05, 0) is 5.57 Å². The van der Waals surface area contributed by atoms with Crippen LogP contribution >= 0.6 is 0 Å². The molecule has 9 heteroatoms. The lowest BCUT2D eigenvalue weighted by Gasteiger charge is -2.12. The third kappa shape index (κ3) is 4.71. The zero-order valence-corrected chi connectivity index (χ0v) is 14.3. The second-order valence-electron chi connectivity index (χ2n) is 4.67. The minimum Gasteiger partial charge on any atom is -0.423 e. The van der Waals surface area contributed by atoms with Gasteiger partial charge in [-0.3, -0.25) is 4.79 Å². The number of halogens is 3. The lowest BCUT2D eigenvalue weighted by atomic mass is 10.2. The maximum Gasteiger partial charge on any atom is 0.451 e. The van der Waals surface area contributed by atoms with Gasteiger partial charge < -0.3 is 10.5 Å². The average molecular weight is 368 g/mol. The molecule has 0 amide bonds. The molecular weight excluding hydrogens is 349 g/mol. The monoisotopic (exact) mass is 368 g/mol. The molecule has 26 heavy (non-hydrogen) atoms. The molecule has 2 heterocycles. The molecule has 0 spiro atoms. The van der Waals surface area contributed by atoms with Crippen LogP contribution in [0.3, 0.4) is 0 Å². The Hall–Kier alpha value is -3.10. The molecule has 0 aliphatic heterocycles. The van der Waals surface area contributed by atoms with Crippen molar-refractivity contribution in [3.63, 3.8) is 0 Å². The summed E-state index contributed by atoms with van der Waals surface area (Å²) in [6.45, 7) is 11.4. The summed E-state index contributed by atoms with van der Waals surface area (Å²) in [5, 5.41) is 12.6. The first kappa shape index (κ1) is 20.9. The average Bonchev–Trinajstić information content (AvgIpc) is 2.62. The zero-order chi connectivity index (χ0) is 19.9. The molecule has 0 aromatic carbocycles. The molecule has 2 rings (SSSR count). The molecule has 0 fully saturated rings. The van der Waals surface area contributed by atoms with Crippen LogP contribution < -0.4 is 10.9 Å². The summed E-state index contributed by atoms with van der Waals surface area (Å²) in [5.74, 6) is -1.45. The molecule has 0 unspecified atom stereocenters. The number of nitrogens with zero attached hydrogens (tertiary/aromatic N) is 3. The van der Waals surface area contributed by atoms with Crippen molar-refractivity contribution < 1.29 is 18.4 Å². The number of pyridine rings is 1. The Balaban J connectivity index is 0.00000163. The van der Waals surface area contributed by atoms with Gasteiger partial charge in [-0.15, -0.1) is 4.73 Å². The summed E-state index contributed by atoms with van der Waals surface area (Å²) in [4.78, 5) is 18.2. The molecule has 0 radical (unpaired) electrons. The summed E-state index contributed by atoms with van der Waals surface area (Å²) in [6, 6.07) is 1.04. The molecule has 0 saturated heterocycles. The Bertz CT molecular complexity index is 886. The van der Waals surface area contributed by atoms with E-state index in [2.05, 4.69) is 28.4 Å². The Labute approximate surface area is 148 Å². The summed E-state index contributed by atoms with van der Waals surface area (Å²) in [5.41, 5.74) is -0.546. The van der Waals surface area contributed by atoms with Gasteiger partial charge in [0.05, 0.1) is 11.1 Å². The van der Waals surface area contributed by atoms with Crippen LogP contribution in [0.5, 0.6) is 0 Å². The van der Waals surface area contributed by atoms with E-state index < -0.39 is 23.2 Å². The molecule has 2 aromatic heterocycles. The highest BCUT2D eigenvalue weighted by Gasteiger charge is 2.35. The van der Waals surface area contributed by atoms with E-state index in [0.29, 0.717) is 0 Å². The Morgan fingerprint density at radius 1 is 1.38 bits per heavy atom. The molecule has 140 valence electrons. The first-order valence-corrected chi connectivity index (χ1v) is 7.65. The molecule has 2 N–H and O–H groups in total. The van der Waals surface area contributed by atoms with E-state index >= 15 is 0 Å². The van der Waals surface area contributed by atoms with Crippen LogP contribution in [-0.4, -0.2) is 26.5 Å². The summed E-state index contributed by atoms with van der Waals surface area (Å²) >= 11 is 0. The van der Waals surface area contributed by atoms with E-state index in [1.807, 2.05) is 13.8 Å². The van der Waals surface area contributed by atoms with Crippen LogP contribution in [-0.2, 0) is 6.18 Å². The normalized spacial score (nSPS) is 11.5. The standard InChI is InChI=1S/C15H13F3N4O2.C2H6/c1-3-5-9(4-2)7-19-11-6-12(23)22(24)13-10(11)8-20-14(21-13)15(16,17)18;1-2/h3-6,8,19,24H,1-2,7H2;1-2H3/b9-5+;. The number of hydrogen-bond acceptors (Lipinski definition) is 5. The van der Waals surface area contributed by atoms with E-state index in [-0.39, 0.29) is 22.3 Å². The smallest absolute Gasteiger partial charge is 0.423 e. The van der Waals surface area contributed by atoms with E-state index in [1.165, 1.54) is 0 Å². The van der Waals surface area contributed by atoms with E-state index in [0.717, 1.165) is 17.8 Å². The van der Waals surface area contributed by atoms with Crippen molar-refractivity contribution in [2.24, 2.45) is 0 Å². The van der Waals surface area contributed by atoms with Crippen LogP contribution in [0.4, 0.5) is 18.9 Å². The first-order chi connectivity index (χ1) is 12.3. The SMILES string of the molecule is C=C/C=C(\C=C)CNc1cc(=O)n(O)c2nc(C(F)(F)F)ncc12.CC. The van der Waals surface area contributed by atoms with Crippen LogP contribution in [0, 0.1) is 0 Å². The van der Waals surface area contributed by atoms with Crippen LogP contribution in [0.1, 0.15) is 19.7 Å². The number of anilines is 1. The predicted octanol–water partition coefficient (Wildman–Crippen LogP) is 3.78. The molecule has 0 aliphatic carbocycles. The topological polar surface area (TPSA) is 80.0 Å². The zero-order valence-electron chi connectivity index (χ0n) is 14.3. The number of rotatable bonds is 5. The molecular formula is C17H19F3N4O2. The van der Waals surface area contributed by atoms with Crippen molar-refractivity contribution in [1.82, 2.24) is 14.7 Å². The van der Waals surface area contributed by atoms with Crippen LogP contribution in [0.15, 0.2) is 54.0 Å². The van der Waals surface area contributed by atoms with Crippen LogP contribution in [0.2, 0.25) is 0 Å². The quantitative estimate of drug-likeness (QED) is 0.620. The van der Waals surface area contributed by atoms with Gasteiger partial charge >= 0.3 is 6.18 Å². The fraction of sp³-hybridized carbons (Fsp3) is 0.235. The number of nitrogens with one attached hydrogen (secondary N) is 1. The Kier molecular flexibility index (Phi) is 7.12. The van der Waals surface area contributed by atoms with E-state index in [1.54, 1.807) is 18.2 Å². The van der Waals surface area contributed by atoms with Crippen molar-refractivity contribution >= 4 is 16.7 Å². The van der Waals surface area contributed by atoms with Gasteiger partial charge in [-0.25, -0.2) is 9.97 Å². The van der Waals surface area contributed by atoms with E-state index in [4.69, 9.17) is 0 Å². The van der Waals surface area contributed by atoms with Crippen molar-refractivity contribution in [2.45, 2.75) is 20.0 Å². The van der Waals surface area contributed by atoms with Crippen molar-refractivity contribution in [1.29, 1.82) is 0 Å². The minimum absolute atomic E-state index is 0.0470. The minimum atomic E-state index is -4.80. The summed E-state index contributed by atoms with van der Waals surface area (Å²) in [6.07, 6.45) is 0.873. The Morgan fingerprint density at radius 2 is 2.04 bits per heavy atom. The maximum absolute atomic E-state index is 12.7. The van der Waals surface area contributed by atoms with Gasteiger partial charge in [-0.2, -0.15) is 13.2 Å². The summed E-state index contributed by atoms with van der Waals surface area (Å²) in [7, 11) is 0. The Morgan fingerprint density at radius 3 is 2.58 bits per heavy atom. The van der Waals surface area contributed by atoms with Gasteiger partial charge in [0.25, 0.3) is 5.56 Å². The maximum atomic E-state index is 12.7.